The molecule has 0 aromatic heterocycles. The van der Waals surface area contributed by atoms with E-state index in [-0.39, 0.29) is 45.4 Å². The van der Waals surface area contributed by atoms with Crippen LogP contribution in [0.4, 0.5) is 9.18 Å². The maximum atomic E-state index is 13.3. The van der Waals surface area contributed by atoms with Gasteiger partial charge in [0.05, 0.1) is 15.0 Å². The number of halogens is 3. The van der Waals surface area contributed by atoms with Crippen molar-refractivity contribution in [3.05, 3.63) is 68.3 Å². The van der Waals surface area contributed by atoms with Crippen LogP contribution in [0.25, 0.3) is 6.08 Å². The second-order valence-corrected chi connectivity index (χ2v) is 8.19. The van der Waals surface area contributed by atoms with Gasteiger partial charge in [-0.1, -0.05) is 35.3 Å². The molecule has 4 nitrogen and oxygen atoms in total. The van der Waals surface area contributed by atoms with Gasteiger partial charge in [-0.3, -0.25) is 14.5 Å². The van der Waals surface area contributed by atoms with Crippen LogP contribution >= 0.6 is 35.0 Å². The number of hydrogen-bond acceptors (Lipinski definition) is 4. The fourth-order valence-electron chi connectivity index (χ4n) is 2.66. The molecule has 0 N–H and O–H groups in total. The maximum absolute atomic E-state index is 13.3. The number of ether oxygens (including phenoxy) is 1. The predicted octanol–water partition coefficient (Wildman–Crippen LogP) is 6.16. The summed E-state index contributed by atoms with van der Waals surface area (Å²) in [5.41, 5.74) is 1.21. The first-order valence-corrected chi connectivity index (χ1v) is 9.97. The molecule has 0 unspecified atom stereocenters. The highest BCUT2D eigenvalue weighted by molar-refractivity contribution is 8.18. The number of carbonyl (C=O) groups excluding carboxylic acids is 2. The Morgan fingerprint density at radius 1 is 1.18 bits per heavy atom. The standard InChI is InChI=1S/C20H16Cl2FNO3S/c1-11(2)24-19(25)17(28-20(24)26)9-13-7-15(21)18(16(22)8-13)27-10-12-4-3-5-14(23)6-12/h3-9,11H,10H2,1-2H3/b17-9+. The van der Waals surface area contributed by atoms with E-state index in [9.17, 15) is 14.0 Å². The van der Waals surface area contributed by atoms with Crippen LogP contribution in [0, 0.1) is 5.82 Å². The van der Waals surface area contributed by atoms with Crippen molar-refractivity contribution in [2.75, 3.05) is 0 Å². The third-order valence-corrected chi connectivity index (χ3v) is 5.38. The molecule has 1 fully saturated rings. The Hall–Kier alpha value is -2.02. The van der Waals surface area contributed by atoms with Crippen LogP contribution in [0.1, 0.15) is 25.0 Å². The number of thioether (sulfide) groups is 1. The highest BCUT2D eigenvalue weighted by Gasteiger charge is 2.36. The van der Waals surface area contributed by atoms with E-state index in [2.05, 4.69) is 0 Å². The Morgan fingerprint density at radius 2 is 1.86 bits per heavy atom. The fourth-order valence-corrected chi connectivity index (χ4v) is 4.23. The van der Waals surface area contributed by atoms with E-state index in [1.54, 1.807) is 44.2 Å². The Morgan fingerprint density at radius 3 is 2.43 bits per heavy atom. The molecule has 1 saturated heterocycles. The quantitative estimate of drug-likeness (QED) is 0.523. The molecule has 1 aliphatic rings. The van der Waals surface area contributed by atoms with E-state index in [4.69, 9.17) is 27.9 Å². The maximum Gasteiger partial charge on any atom is 0.293 e. The van der Waals surface area contributed by atoms with E-state index in [0.29, 0.717) is 16.0 Å². The van der Waals surface area contributed by atoms with Crippen molar-refractivity contribution >= 4 is 52.2 Å². The SMILES string of the molecule is CC(C)N1C(=O)S/C(=C/c2cc(Cl)c(OCc3cccc(F)c3)c(Cl)c2)C1=O. The smallest absolute Gasteiger partial charge is 0.293 e. The minimum atomic E-state index is -0.357. The van der Waals surface area contributed by atoms with Crippen molar-refractivity contribution in [2.45, 2.75) is 26.5 Å². The summed E-state index contributed by atoms with van der Waals surface area (Å²) in [5.74, 6) is -0.437. The van der Waals surface area contributed by atoms with E-state index in [0.717, 1.165) is 11.8 Å². The molecule has 0 atom stereocenters. The van der Waals surface area contributed by atoms with Crippen molar-refractivity contribution in [3.63, 3.8) is 0 Å². The lowest BCUT2D eigenvalue weighted by atomic mass is 10.2. The number of nitrogens with zero attached hydrogens (tertiary/aromatic N) is 1. The van der Waals surface area contributed by atoms with Crippen LogP contribution in [0.5, 0.6) is 5.75 Å². The van der Waals surface area contributed by atoms with Crippen molar-refractivity contribution in [1.29, 1.82) is 0 Å². The molecule has 0 saturated carbocycles. The van der Waals surface area contributed by atoms with Gasteiger partial charge in [0, 0.05) is 6.04 Å². The Kier molecular flexibility index (Phi) is 6.33. The van der Waals surface area contributed by atoms with Gasteiger partial charge >= 0.3 is 0 Å². The van der Waals surface area contributed by atoms with Gasteiger partial charge in [0.25, 0.3) is 11.1 Å². The first kappa shape index (κ1) is 20.7. The van der Waals surface area contributed by atoms with E-state index in [1.165, 1.54) is 17.0 Å². The van der Waals surface area contributed by atoms with Gasteiger partial charge < -0.3 is 4.74 Å². The molecule has 2 aromatic rings. The lowest BCUT2D eigenvalue weighted by molar-refractivity contribution is -0.123. The van der Waals surface area contributed by atoms with Gasteiger partial charge in [0.15, 0.2) is 5.75 Å². The van der Waals surface area contributed by atoms with Crippen molar-refractivity contribution in [3.8, 4) is 5.75 Å². The van der Waals surface area contributed by atoms with Crippen LogP contribution in [-0.2, 0) is 11.4 Å². The number of amides is 2. The normalized spacial score (nSPS) is 15.8. The fraction of sp³-hybridized carbons (Fsp3) is 0.200. The number of carbonyl (C=O) groups is 2. The first-order chi connectivity index (χ1) is 13.3. The molecular formula is C20H16Cl2FNO3S. The topological polar surface area (TPSA) is 46.6 Å². The molecule has 0 bridgehead atoms. The average molecular weight is 440 g/mol. The first-order valence-electron chi connectivity index (χ1n) is 8.39. The summed E-state index contributed by atoms with van der Waals surface area (Å²) in [7, 11) is 0. The number of benzene rings is 2. The monoisotopic (exact) mass is 439 g/mol. The van der Waals surface area contributed by atoms with E-state index in [1.807, 2.05) is 0 Å². The molecule has 28 heavy (non-hydrogen) atoms. The molecular weight excluding hydrogens is 424 g/mol. The van der Waals surface area contributed by atoms with E-state index >= 15 is 0 Å². The van der Waals surface area contributed by atoms with E-state index < -0.39 is 0 Å². The van der Waals surface area contributed by atoms with Gasteiger partial charge in [-0.05, 0) is 67.1 Å². The van der Waals surface area contributed by atoms with Crippen LogP contribution in [0.2, 0.25) is 10.0 Å². The summed E-state index contributed by atoms with van der Waals surface area (Å²) in [5, 5.41) is 0.190. The molecule has 0 aliphatic carbocycles. The molecule has 2 amide bonds. The third-order valence-electron chi connectivity index (χ3n) is 3.93. The zero-order valence-corrected chi connectivity index (χ0v) is 17.4. The van der Waals surface area contributed by atoms with Gasteiger partial charge in [-0.25, -0.2) is 4.39 Å². The summed E-state index contributed by atoms with van der Waals surface area (Å²) in [6.45, 7) is 3.65. The molecule has 0 radical (unpaired) electrons. The number of imide groups is 1. The van der Waals surface area contributed by atoms with Crippen LogP contribution in [0.3, 0.4) is 0 Å². The van der Waals surface area contributed by atoms with Gasteiger partial charge in [0.2, 0.25) is 0 Å². The summed E-state index contributed by atoms with van der Waals surface area (Å²) in [6.07, 6.45) is 1.57. The highest BCUT2D eigenvalue weighted by Crippen LogP contribution is 2.38. The summed E-state index contributed by atoms with van der Waals surface area (Å²) < 4.78 is 18.9. The molecule has 1 aliphatic heterocycles. The summed E-state index contributed by atoms with van der Waals surface area (Å²) in [4.78, 5) is 25.9. The Balaban J connectivity index is 1.80. The molecule has 2 aromatic carbocycles. The Labute approximate surface area is 176 Å². The lowest BCUT2D eigenvalue weighted by Gasteiger charge is -2.16. The van der Waals surface area contributed by atoms with Crippen molar-refractivity contribution < 1.29 is 18.7 Å². The van der Waals surface area contributed by atoms with Gasteiger partial charge in [0.1, 0.15) is 12.4 Å². The largest absolute Gasteiger partial charge is 0.486 e. The van der Waals surface area contributed by atoms with Crippen molar-refractivity contribution in [2.24, 2.45) is 0 Å². The zero-order valence-electron chi connectivity index (χ0n) is 15.0. The number of rotatable bonds is 5. The summed E-state index contributed by atoms with van der Waals surface area (Å²) in [6, 6.07) is 8.99. The molecule has 0 spiro atoms. The average Bonchev–Trinajstić information content (AvgIpc) is 2.87. The van der Waals surface area contributed by atoms with Gasteiger partial charge in [-0.15, -0.1) is 0 Å². The van der Waals surface area contributed by atoms with Crippen molar-refractivity contribution in [1.82, 2.24) is 4.90 Å². The second kappa shape index (κ2) is 8.55. The third kappa shape index (κ3) is 4.51. The predicted molar refractivity (Wildman–Crippen MR) is 110 cm³/mol. The molecule has 8 heteroatoms. The minimum Gasteiger partial charge on any atom is -0.486 e. The van der Waals surface area contributed by atoms with Crippen LogP contribution < -0.4 is 4.74 Å². The van der Waals surface area contributed by atoms with Gasteiger partial charge in [-0.2, -0.15) is 0 Å². The second-order valence-electron chi connectivity index (χ2n) is 6.38. The van der Waals surface area contributed by atoms with Crippen LogP contribution in [-0.4, -0.2) is 22.1 Å². The molecule has 1 heterocycles. The zero-order chi connectivity index (χ0) is 20.4. The van der Waals surface area contributed by atoms with Crippen LogP contribution in [0.15, 0.2) is 41.3 Å². The lowest BCUT2D eigenvalue weighted by Crippen LogP contribution is -2.34. The summed E-state index contributed by atoms with van der Waals surface area (Å²) >= 11 is 13.4. The molecule has 3 rings (SSSR count). The number of hydrogen-bond donors (Lipinski definition) is 0. The Bertz CT molecular complexity index is 955. The minimum absolute atomic E-state index is 0.101. The highest BCUT2D eigenvalue weighted by atomic mass is 35.5. The molecule has 146 valence electrons.